The molecule has 32 heavy (non-hydrogen) atoms. The molecule has 0 aliphatic carbocycles. The molecule has 2 aliphatic rings. The molecule has 0 saturated carbocycles. The van der Waals surface area contributed by atoms with E-state index in [0.717, 1.165) is 74.9 Å². The number of nitrogens with two attached hydrogens (primary N) is 1. The van der Waals surface area contributed by atoms with Crippen LogP contribution in [0.4, 0.5) is 5.82 Å². The molecule has 0 spiro atoms. The second kappa shape index (κ2) is 9.04. The van der Waals surface area contributed by atoms with Gasteiger partial charge in [-0.3, -0.25) is 14.7 Å². The van der Waals surface area contributed by atoms with Gasteiger partial charge in [-0.15, -0.1) is 0 Å². The van der Waals surface area contributed by atoms with Crippen LogP contribution >= 0.6 is 0 Å². The van der Waals surface area contributed by atoms with Gasteiger partial charge < -0.3 is 10.6 Å². The van der Waals surface area contributed by atoms with E-state index in [1.165, 1.54) is 11.1 Å². The van der Waals surface area contributed by atoms with Crippen molar-refractivity contribution >= 4 is 11.7 Å². The molecule has 2 aromatic heterocycles. The molecule has 7 heteroatoms. The Morgan fingerprint density at radius 1 is 1.03 bits per heavy atom. The molecule has 0 radical (unpaired) electrons. The van der Waals surface area contributed by atoms with Crippen molar-refractivity contribution in [1.29, 1.82) is 0 Å². The van der Waals surface area contributed by atoms with E-state index < -0.39 is 0 Å². The monoisotopic (exact) mass is 428 g/mol. The number of fused-ring (bicyclic) bond motifs is 1. The molecule has 1 fully saturated rings. The summed E-state index contributed by atoms with van der Waals surface area (Å²) in [6, 6.07) is 14.5. The normalized spacial score (nSPS) is 17.2. The van der Waals surface area contributed by atoms with Crippen molar-refractivity contribution in [3.63, 3.8) is 0 Å². The molecule has 3 aromatic rings. The maximum absolute atomic E-state index is 11.7. The van der Waals surface area contributed by atoms with Crippen molar-refractivity contribution in [2.45, 2.75) is 32.4 Å². The number of carbonyl (C=O) groups excluding carboxylic acids is 1. The van der Waals surface area contributed by atoms with E-state index in [4.69, 9.17) is 15.7 Å². The lowest BCUT2D eigenvalue weighted by Gasteiger charge is -2.36. The number of aromatic nitrogens is 3. The number of primary amides is 1. The summed E-state index contributed by atoms with van der Waals surface area (Å²) >= 11 is 0. The van der Waals surface area contributed by atoms with Gasteiger partial charge >= 0.3 is 0 Å². The summed E-state index contributed by atoms with van der Waals surface area (Å²) in [7, 11) is 0. The molecule has 0 unspecified atom stereocenters. The first-order chi connectivity index (χ1) is 15.7. The fourth-order valence-corrected chi connectivity index (χ4v) is 4.69. The Labute approximate surface area is 188 Å². The SMILES string of the molecule is NC(=O)C1CCN(c2nc(-c3cccnc3)nc3c2CN(Cc2ccccc2)CC3)CC1. The number of benzene rings is 1. The molecule has 5 rings (SSSR count). The minimum absolute atomic E-state index is 0.0451. The first kappa shape index (κ1) is 20.6. The number of hydrogen-bond donors (Lipinski definition) is 1. The predicted octanol–water partition coefficient (Wildman–Crippen LogP) is 2.80. The molecule has 1 saturated heterocycles. The number of nitrogens with zero attached hydrogens (tertiary/aromatic N) is 5. The van der Waals surface area contributed by atoms with E-state index in [9.17, 15) is 4.79 Å². The Hall–Kier alpha value is -3.32. The van der Waals surface area contributed by atoms with Gasteiger partial charge in [0.1, 0.15) is 5.82 Å². The van der Waals surface area contributed by atoms with Gasteiger partial charge in [0, 0.05) is 68.6 Å². The predicted molar refractivity (Wildman–Crippen MR) is 124 cm³/mol. The maximum atomic E-state index is 11.7. The summed E-state index contributed by atoms with van der Waals surface area (Å²) in [5.74, 6) is 1.48. The second-order valence-corrected chi connectivity index (χ2v) is 8.65. The van der Waals surface area contributed by atoms with Crippen molar-refractivity contribution in [3.05, 3.63) is 71.7 Å². The van der Waals surface area contributed by atoms with Crippen LogP contribution in [0.25, 0.3) is 11.4 Å². The third kappa shape index (κ3) is 4.34. The topological polar surface area (TPSA) is 88.2 Å². The molecule has 2 aliphatic heterocycles. The molecule has 164 valence electrons. The van der Waals surface area contributed by atoms with Crippen LogP contribution in [0.1, 0.15) is 29.7 Å². The van der Waals surface area contributed by atoms with Crippen LogP contribution in [-0.4, -0.2) is 45.4 Å². The van der Waals surface area contributed by atoms with E-state index in [0.29, 0.717) is 0 Å². The number of hydrogen-bond acceptors (Lipinski definition) is 6. The highest BCUT2D eigenvalue weighted by molar-refractivity contribution is 5.77. The fraction of sp³-hybridized carbons (Fsp3) is 0.360. The van der Waals surface area contributed by atoms with Crippen LogP contribution in [0.3, 0.4) is 0 Å². The van der Waals surface area contributed by atoms with Crippen molar-refractivity contribution in [3.8, 4) is 11.4 Å². The summed E-state index contributed by atoms with van der Waals surface area (Å²) in [6.07, 6.45) is 6.01. The standard InChI is InChI=1S/C25H28N6O/c26-23(32)19-8-13-31(14-9-19)25-21-17-30(16-18-5-2-1-3-6-18)12-10-22(21)28-24(29-25)20-7-4-11-27-15-20/h1-7,11,15,19H,8-10,12-14,16-17H2,(H2,26,32). The molecule has 0 bridgehead atoms. The Morgan fingerprint density at radius 2 is 1.84 bits per heavy atom. The lowest BCUT2D eigenvalue weighted by atomic mass is 9.95. The Morgan fingerprint density at radius 3 is 2.56 bits per heavy atom. The third-order valence-electron chi connectivity index (χ3n) is 6.48. The van der Waals surface area contributed by atoms with Crippen molar-refractivity contribution in [2.75, 3.05) is 24.5 Å². The van der Waals surface area contributed by atoms with E-state index in [-0.39, 0.29) is 11.8 Å². The average Bonchev–Trinajstić information content (AvgIpc) is 2.84. The molecule has 1 aromatic carbocycles. The Bertz CT molecular complexity index is 1080. The first-order valence-corrected chi connectivity index (χ1v) is 11.3. The Balaban J connectivity index is 1.47. The minimum Gasteiger partial charge on any atom is -0.369 e. The maximum Gasteiger partial charge on any atom is 0.220 e. The van der Waals surface area contributed by atoms with Crippen molar-refractivity contribution in [2.24, 2.45) is 11.7 Å². The summed E-state index contributed by atoms with van der Waals surface area (Å²) in [5.41, 5.74) is 10.1. The molecule has 7 nitrogen and oxygen atoms in total. The highest BCUT2D eigenvalue weighted by Gasteiger charge is 2.29. The van der Waals surface area contributed by atoms with Crippen LogP contribution < -0.4 is 10.6 Å². The number of pyridine rings is 1. The van der Waals surface area contributed by atoms with Crippen molar-refractivity contribution < 1.29 is 4.79 Å². The van der Waals surface area contributed by atoms with E-state index >= 15 is 0 Å². The van der Waals surface area contributed by atoms with Gasteiger partial charge in [0.15, 0.2) is 5.82 Å². The first-order valence-electron chi connectivity index (χ1n) is 11.3. The van der Waals surface area contributed by atoms with Gasteiger partial charge in [0.05, 0.1) is 5.69 Å². The summed E-state index contributed by atoms with van der Waals surface area (Å²) < 4.78 is 0. The smallest absolute Gasteiger partial charge is 0.220 e. The Kier molecular flexibility index (Phi) is 5.81. The summed E-state index contributed by atoms with van der Waals surface area (Å²) in [4.78, 5) is 30.6. The van der Waals surface area contributed by atoms with Crippen LogP contribution in [0.2, 0.25) is 0 Å². The second-order valence-electron chi connectivity index (χ2n) is 8.65. The molecule has 1 amide bonds. The lowest BCUT2D eigenvalue weighted by molar-refractivity contribution is -0.122. The van der Waals surface area contributed by atoms with Crippen molar-refractivity contribution in [1.82, 2.24) is 19.9 Å². The van der Waals surface area contributed by atoms with E-state index in [1.807, 2.05) is 18.3 Å². The average molecular weight is 429 g/mol. The fourth-order valence-electron chi connectivity index (χ4n) is 4.69. The molecule has 4 heterocycles. The van der Waals surface area contributed by atoms with Crippen LogP contribution in [0, 0.1) is 5.92 Å². The number of rotatable bonds is 5. The zero-order chi connectivity index (χ0) is 21.9. The zero-order valence-electron chi connectivity index (χ0n) is 18.2. The highest BCUT2D eigenvalue weighted by Crippen LogP contribution is 2.32. The molecular formula is C25H28N6O. The van der Waals surface area contributed by atoms with Gasteiger partial charge in [-0.05, 0) is 30.5 Å². The van der Waals surface area contributed by atoms with Gasteiger partial charge in [-0.1, -0.05) is 30.3 Å². The number of carbonyl (C=O) groups is 1. The highest BCUT2D eigenvalue weighted by atomic mass is 16.1. The largest absolute Gasteiger partial charge is 0.369 e. The minimum atomic E-state index is -0.195. The zero-order valence-corrected chi connectivity index (χ0v) is 18.2. The number of anilines is 1. The van der Waals surface area contributed by atoms with Gasteiger partial charge in [0.2, 0.25) is 5.91 Å². The third-order valence-corrected chi connectivity index (χ3v) is 6.48. The van der Waals surface area contributed by atoms with Crippen LogP contribution in [-0.2, 0) is 24.3 Å². The molecular weight excluding hydrogens is 400 g/mol. The van der Waals surface area contributed by atoms with Crippen LogP contribution in [0.5, 0.6) is 0 Å². The quantitative estimate of drug-likeness (QED) is 0.672. The number of amides is 1. The van der Waals surface area contributed by atoms with E-state index in [1.54, 1.807) is 6.20 Å². The van der Waals surface area contributed by atoms with E-state index in [2.05, 4.69) is 45.1 Å². The van der Waals surface area contributed by atoms with Gasteiger partial charge in [-0.2, -0.15) is 0 Å². The summed E-state index contributed by atoms with van der Waals surface area (Å²) in [6.45, 7) is 4.26. The van der Waals surface area contributed by atoms with Gasteiger partial charge in [-0.25, -0.2) is 9.97 Å². The summed E-state index contributed by atoms with van der Waals surface area (Å²) in [5, 5.41) is 0. The molecule has 2 N–H and O–H groups in total. The van der Waals surface area contributed by atoms with Crippen LogP contribution in [0.15, 0.2) is 54.9 Å². The number of piperidine rings is 1. The molecule has 0 atom stereocenters. The lowest BCUT2D eigenvalue weighted by Crippen LogP contribution is -2.40. The van der Waals surface area contributed by atoms with Gasteiger partial charge in [0.25, 0.3) is 0 Å².